The predicted octanol–water partition coefficient (Wildman–Crippen LogP) is 3.58. The molecule has 0 atom stereocenters. The number of nitrogens with zero attached hydrogens (tertiary/aromatic N) is 4. The lowest BCUT2D eigenvalue weighted by Crippen LogP contribution is -2.49. The van der Waals surface area contributed by atoms with Crippen molar-refractivity contribution in [2.45, 2.75) is 51.5 Å². The highest BCUT2D eigenvalue weighted by atomic mass is 32.2. The Bertz CT molecular complexity index is 1570. The van der Waals surface area contributed by atoms with E-state index < -0.39 is 22.9 Å². The molecule has 4 rings (SSSR count). The van der Waals surface area contributed by atoms with Gasteiger partial charge < -0.3 is 23.8 Å². The molecule has 1 N–H and O–H groups in total. The molecule has 1 saturated heterocycles. The highest BCUT2D eigenvalue weighted by Crippen LogP contribution is 2.33. The second kappa shape index (κ2) is 14.8. The fraction of sp³-hybridized carbons (Fsp3) is 0.552. The van der Waals surface area contributed by atoms with E-state index in [1.807, 2.05) is 24.9 Å². The van der Waals surface area contributed by atoms with Crippen LogP contribution >= 0.6 is 0 Å². The van der Waals surface area contributed by atoms with Crippen molar-refractivity contribution in [3.8, 4) is 17.1 Å². The first-order valence-corrected chi connectivity index (χ1v) is 16.1. The van der Waals surface area contributed by atoms with Crippen LogP contribution in [-0.4, -0.2) is 97.5 Å². The monoisotopic (exact) mass is 621 g/mol. The molecule has 12 nitrogen and oxygen atoms in total. The normalized spacial score (nSPS) is 14.7. The molecule has 0 saturated carbocycles. The fourth-order valence-electron chi connectivity index (χ4n) is 5.04. The van der Waals surface area contributed by atoms with Crippen LogP contribution in [0.3, 0.4) is 0 Å². The Morgan fingerprint density at radius 3 is 2.53 bits per heavy atom. The molecule has 0 amide bonds. The van der Waals surface area contributed by atoms with Crippen molar-refractivity contribution in [3.63, 3.8) is 0 Å². The van der Waals surface area contributed by atoms with Crippen LogP contribution in [0.4, 0.5) is 9.18 Å². The molecule has 1 fully saturated rings. The molecule has 1 aliphatic heterocycles. The summed E-state index contributed by atoms with van der Waals surface area (Å²) in [5, 5.41) is 0. The van der Waals surface area contributed by atoms with E-state index in [1.54, 1.807) is 17.6 Å². The minimum absolute atomic E-state index is 0.0527. The van der Waals surface area contributed by atoms with Gasteiger partial charge in [-0.2, -0.15) is 4.31 Å². The molecule has 0 radical (unpaired) electrons. The van der Waals surface area contributed by atoms with Crippen LogP contribution in [0.5, 0.6) is 5.75 Å². The van der Waals surface area contributed by atoms with Gasteiger partial charge in [-0.1, -0.05) is 6.92 Å². The maximum Gasteiger partial charge on any atom is 0.508 e. The molecule has 236 valence electrons. The molecule has 0 unspecified atom stereocenters. The lowest BCUT2D eigenvalue weighted by molar-refractivity contribution is 0.0484. The second-order valence-electron chi connectivity index (χ2n) is 10.1. The number of fused-ring (bicyclic) bond motifs is 1. The van der Waals surface area contributed by atoms with Gasteiger partial charge in [-0.05, 0) is 56.9 Å². The van der Waals surface area contributed by atoms with E-state index in [0.717, 1.165) is 12.0 Å². The Morgan fingerprint density at radius 1 is 1.09 bits per heavy atom. The summed E-state index contributed by atoms with van der Waals surface area (Å²) in [5.74, 6) is 0.581. The third-order valence-corrected chi connectivity index (χ3v) is 9.14. The Kier molecular flexibility index (Phi) is 11.2. The predicted molar refractivity (Wildman–Crippen MR) is 160 cm³/mol. The Balaban J connectivity index is 1.62. The van der Waals surface area contributed by atoms with Gasteiger partial charge in [-0.25, -0.2) is 18.2 Å². The number of nitrogens with one attached hydrogen (secondary N) is 1. The Labute approximate surface area is 250 Å². The van der Waals surface area contributed by atoms with Crippen LogP contribution in [0.25, 0.3) is 22.4 Å². The van der Waals surface area contributed by atoms with Gasteiger partial charge in [0.2, 0.25) is 10.0 Å². The summed E-state index contributed by atoms with van der Waals surface area (Å²) in [7, 11) is -3.89. The van der Waals surface area contributed by atoms with E-state index in [4.69, 9.17) is 19.2 Å². The van der Waals surface area contributed by atoms with Crippen molar-refractivity contribution < 1.29 is 31.8 Å². The molecule has 0 bridgehead atoms. The smallest absolute Gasteiger partial charge is 0.493 e. The van der Waals surface area contributed by atoms with Gasteiger partial charge in [0, 0.05) is 45.5 Å². The highest BCUT2D eigenvalue weighted by molar-refractivity contribution is 7.89. The number of hydrogen-bond donors (Lipinski definition) is 1. The van der Waals surface area contributed by atoms with Gasteiger partial charge >= 0.3 is 6.16 Å². The van der Waals surface area contributed by atoms with E-state index >= 15 is 0 Å². The number of sulfonamides is 1. The van der Waals surface area contributed by atoms with E-state index in [9.17, 15) is 22.4 Å². The average Bonchev–Trinajstić information content (AvgIpc) is 3.37. The second-order valence-corrected chi connectivity index (χ2v) is 12.1. The van der Waals surface area contributed by atoms with Crippen LogP contribution in [0.2, 0.25) is 0 Å². The van der Waals surface area contributed by atoms with E-state index in [0.29, 0.717) is 68.0 Å². The number of aromatic nitrogens is 3. The number of halogens is 1. The third kappa shape index (κ3) is 7.54. The van der Waals surface area contributed by atoms with E-state index in [1.165, 1.54) is 16.4 Å². The summed E-state index contributed by atoms with van der Waals surface area (Å²) in [4.78, 5) is 34.3. The first-order chi connectivity index (χ1) is 20.7. The zero-order valence-corrected chi connectivity index (χ0v) is 25.8. The summed E-state index contributed by atoms with van der Waals surface area (Å²) < 4.78 is 59.4. The van der Waals surface area contributed by atoms with Crippen molar-refractivity contribution in [2.24, 2.45) is 0 Å². The van der Waals surface area contributed by atoms with Crippen molar-refractivity contribution in [2.75, 3.05) is 59.2 Å². The van der Waals surface area contributed by atoms with Gasteiger partial charge in [0.05, 0.1) is 35.9 Å². The zero-order valence-electron chi connectivity index (χ0n) is 24.9. The number of benzene rings is 1. The first-order valence-electron chi connectivity index (χ1n) is 14.7. The summed E-state index contributed by atoms with van der Waals surface area (Å²) in [5.41, 5.74) is 1.60. The minimum Gasteiger partial charge on any atom is -0.493 e. The maximum atomic E-state index is 13.7. The number of aryl methyl sites for hydroxylation is 2. The Hall–Kier alpha value is -3.49. The van der Waals surface area contributed by atoms with E-state index in [-0.39, 0.29) is 42.6 Å². The lowest BCUT2D eigenvalue weighted by atomic mass is 10.1. The lowest BCUT2D eigenvalue weighted by Gasteiger charge is -2.33. The molecule has 3 aromatic rings. The number of piperazine rings is 1. The number of H-pyrrole nitrogens is 1. The third-order valence-electron chi connectivity index (χ3n) is 7.24. The topological polar surface area (TPSA) is 136 Å². The quantitative estimate of drug-likeness (QED) is 0.268. The highest BCUT2D eigenvalue weighted by Gasteiger charge is 2.30. The molecule has 1 aromatic carbocycles. The van der Waals surface area contributed by atoms with E-state index in [2.05, 4.69) is 4.98 Å². The van der Waals surface area contributed by atoms with Crippen LogP contribution in [0.15, 0.2) is 34.1 Å². The molecule has 14 heteroatoms. The van der Waals surface area contributed by atoms with Crippen molar-refractivity contribution >= 4 is 27.2 Å². The largest absolute Gasteiger partial charge is 0.508 e. The maximum absolute atomic E-state index is 13.7. The average molecular weight is 622 g/mol. The molecular formula is C29H40FN5O7S. The van der Waals surface area contributed by atoms with Crippen LogP contribution < -0.4 is 10.3 Å². The van der Waals surface area contributed by atoms with Crippen LogP contribution in [0.1, 0.15) is 39.2 Å². The van der Waals surface area contributed by atoms with Crippen molar-refractivity contribution in [3.05, 3.63) is 40.3 Å². The van der Waals surface area contributed by atoms with Gasteiger partial charge in [-0.3, -0.25) is 14.1 Å². The van der Waals surface area contributed by atoms with Crippen LogP contribution in [-0.2, 0) is 32.5 Å². The molecule has 3 heterocycles. The standard InChI is InChI=1S/C29H40FN5O7S/c1-4-17-41-24-10-9-22(43(38,39)35-14-12-33(13-15-35)16-18-42-29(37)40-6-3)19-23(24)27-31-25-21(8-7-11-30)20-34(5-2)26(25)28(36)32-27/h9-10,19-20H,4-8,11-18H2,1-3H3,(H,31,32,36). The summed E-state index contributed by atoms with van der Waals surface area (Å²) in [6, 6.07) is 4.58. The summed E-state index contributed by atoms with van der Waals surface area (Å²) >= 11 is 0. The number of rotatable bonds is 14. The number of aromatic amines is 1. The van der Waals surface area contributed by atoms with Crippen LogP contribution in [0, 0.1) is 0 Å². The summed E-state index contributed by atoms with van der Waals surface area (Å²) in [6.07, 6.45) is 2.55. The first kappa shape index (κ1) is 32.4. The minimum atomic E-state index is -3.89. The SMILES string of the molecule is CCCOc1ccc(S(=O)(=O)N2CCN(CCOC(=O)OCC)CC2)cc1-c1nc2c(CCCF)cn(CC)c2c(=O)[nH]1. The van der Waals surface area contributed by atoms with Gasteiger partial charge in [0.15, 0.2) is 0 Å². The van der Waals surface area contributed by atoms with Gasteiger partial charge in [-0.15, -0.1) is 0 Å². The van der Waals surface area contributed by atoms with Crippen molar-refractivity contribution in [1.82, 2.24) is 23.7 Å². The molecule has 0 spiro atoms. The van der Waals surface area contributed by atoms with Gasteiger partial charge in [0.1, 0.15) is 23.7 Å². The molecule has 2 aromatic heterocycles. The molecule has 1 aliphatic rings. The number of hydrogen-bond acceptors (Lipinski definition) is 9. The Morgan fingerprint density at radius 2 is 1.86 bits per heavy atom. The zero-order chi connectivity index (χ0) is 31.0. The summed E-state index contributed by atoms with van der Waals surface area (Å²) in [6.45, 7) is 8.32. The van der Waals surface area contributed by atoms with Gasteiger partial charge in [0.25, 0.3) is 5.56 Å². The fourth-order valence-corrected chi connectivity index (χ4v) is 6.49. The molecule has 0 aliphatic carbocycles. The molecular weight excluding hydrogens is 581 g/mol. The number of carbonyl (C=O) groups is 1. The van der Waals surface area contributed by atoms with Crippen molar-refractivity contribution in [1.29, 1.82) is 0 Å². The number of carbonyl (C=O) groups excluding carboxylic acids is 1. The number of alkyl halides is 1. The number of ether oxygens (including phenoxy) is 3. The molecule has 43 heavy (non-hydrogen) atoms.